The predicted molar refractivity (Wildman–Crippen MR) is 54.7 cm³/mol. The van der Waals surface area contributed by atoms with E-state index in [0.717, 1.165) is 16.9 Å². The predicted octanol–water partition coefficient (Wildman–Crippen LogP) is 2.15. The highest BCUT2D eigenvalue weighted by Gasteiger charge is 2.11. The fraction of sp³-hybridized carbons (Fsp3) is 0.273. The summed E-state index contributed by atoms with van der Waals surface area (Å²) in [5, 5.41) is 0. The number of rotatable bonds is 1. The van der Waals surface area contributed by atoms with Crippen LogP contribution in [0.2, 0.25) is 0 Å². The van der Waals surface area contributed by atoms with Crippen LogP contribution in [-0.4, -0.2) is 15.2 Å². The van der Waals surface area contributed by atoms with Gasteiger partial charge in [-0.25, -0.2) is 4.98 Å². The van der Waals surface area contributed by atoms with Crippen LogP contribution in [0, 0.1) is 13.8 Å². The van der Waals surface area contributed by atoms with Crippen molar-refractivity contribution in [2.45, 2.75) is 20.8 Å². The number of imidazole rings is 1. The van der Waals surface area contributed by atoms with Crippen molar-refractivity contribution in [3.05, 3.63) is 35.3 Å². The third-order valence-corrected chi connectivity index (χ3v) is 2.35. The lowest BCUT2D eigenvalue weighted by Gasteiger charge is -1.96. The highest BCUT2D eigenvalue weighted by molar-refractivity contribution is 5.94. The van der Waals surface area contributed by atoms with E-state index >= 15 is 0 Å². The minimum Gasteiger partial charge on any atom is -0.304 e. The Balaban J connectivity index is 2.79. The van der Waals surface area contributed by atoms with Crippen LogP contribution in [0.25, 0.3) is 5.65 Å². The molecular formula is C11H12N2O. The molecule has 3 heteroatoms. The topological polar surface area (TPSA) is 34.4 Å². The lowest BCUT2D eigenvalue weighted by Crippen LogP contribution is -1.95. The molecule has 0 aliphatic carbocycles. The third-order valence-electron chi connectivity index (χ3n) is 2.35. The Morgan fingerprint density at radius 1 is 1.43 bits per heavy atom. The summed E-state index contributed by atoms with van der Waals surface area (Å²) in [7, 11) is 0. The molecule has 0 N–H and O–H groups in total. The summed E-state index contributed by atoms with van der Waals surface area (Å²) in [5.41, 5.74) is 3.47. The Kier molecular flexibility index (Phi) is 1.88. The van der Waals surface area contributed by atoms with Crippen LogP contribution in [0.15, 0.2) is 18.3 Å². The minimum absolute atomic E-state index is 0.0175. The Morgan fingerprint density at radius 3 is 2.79 bits per heavy atom. The highest BCUT2D eigenvalue weighted by Crippen LogP contribution is 2.13. The van der Waals surface area contributed by atoms with E-state index in [1.807, 2.05) is 36.6 Å². The van der Waals surface area contributed by atoms with Crippen LogP contribution < -0.4 is 0 Å². The van der Waals surface area contributed by atoms with E-state index in [2.05, 4.69) is 4.98 Å². The van der Waals surface area contributed by atoms with Crippen LogP contribution in [0.5, 0.6) is 0 Å². The fourth-order valence-electron chi connectivity index (χ4n) is 1.60. The molecule has 0 unspecified atom stereocenters. The van der Waals surface area contributed by atoms with Gasteiger partial charge in [-0.05, 0) is 31.5 Å². The van der Waals surface area contributed by atoms with Gasteiger partial charge >= 0.3 is 0 Å². The molecule has 14 heavy (non-hydrogen) atoms. The van der Waals surface area contributed by atoms with Gasteiger partial charge in [0.15, 0.2) is 5.78 Å². The van der Waals surface area contributed by atoms with Crippen molar-refractivity contribution in [1.29, 1.82) is 0 Å². The molecule has 0 spiro atoms. The van der Waals surface area contributed by atoms with Crippen LogP contribution >= 0.6 is 0 Å². The van der Waals surface area contributed by atoms with E-state index in [0.29, 0.717) is 5.69 Å². The summed E-state index contributed by atoms with van der Waals surface area (Å²) in [6.45, 7) is 5.46. The number of hydrogen-bond donors (Lipinski definition) is 0. The first-order valence-electron chi connectivity index (χ1n) is 4.56. The number of carbonyl (C=O) groups excluding carboxylic acids is 1. The summed E-state index contributed by atoms with van der Waals surface area (Å²) < 4.78 is 1.93. The van der Waals surface area contributed by atoms with E-state index in [4.69, 9.17) is 0 Å². The van der Waals surface area contributed by atoms with Gasteiger partial charge in [0.05, 0.1) is 5.69 Å². The second kappa shape index (κ2) is 2.94. The maximum atomic E-state index is 11.2. The number of aryl methyl sites for hydroxylation is 2. The molecule has 3 nitrogen and oxygen atoms in total. The van der Waals surface area contributed by atoms with Crippen LogP contribution in [0.1, 0.15) is 28.7 Å². The molecule has 0 saturated carbocycles. The molecule has 0 aliphatic heterocycles. The monoisotopic (exact) mass is 188 g/mol. The highest BCUT2D eigenvalue weighted by atomic mass is 16.1. The number of fused-ring (bicyclic) bond motifs is 1. The zero-order valence-electron chi connectivity index (χ0n) is 8.53. The molecule has 0 amide bonds. The molecule has 2 aromatic rings. The van der Waals surface area contributed by atoms with Gasteiger partial charge in [0, 0.05) is 13.1 Å². The molecule has 0 saturated heterocycles. The lowest BCUT2D eigenvalue weighted by molar-refractivity contribution is 0.101. The molecule has 2 rings (SSSR count). The molecule has 0 aliphatic rings. The second-order valence-corrected chi connectivity index (χ2v) is 3.53. The number of aromatic nitrogens is 2. The Labute approximate surface area is 82.4 Å². The van der Waals surface area contributed by atoms with Crippen molar-refractivity contribution in [3.63, 3.8) is 0 Å². The molecule has 2 heterocycles. The largest absolute Gasteiger partial charge is 0.304 e. The summed E-state index contributed by atoms with van der Waals surface area (Å²) in [4.78, 5) is 15.5. The maximum absolute atomic E-state index is 11.2. The number of pyridine rings is 1. The normalized spacial score (nSPS) is 10.8. The van der Waals surface area contributed by atoms with Gasteiger partial charge in [0.1, 0.15) is 11.3 Å². The number of Topliss-reactive ketones (excluding diaryl/α,β-unsaturated/α-hetero) is 1. The maximum Gasteiger partial charge on any atom is 0.179 e. The zero-order valence-corrected chi connectivity index (χ0v) is 8.53. The zero-order chi connectivity index (χ0) is 10.3. The van der Waals surface area contributed by atoms with Crippen molar-refractivity contribution < 1.29 is 4.79 Å². The van der Waals surface area contributed by atoms with Crippen molar-refractivity contribution >= 4 is 11.4 Å². The Hall–Kier alpha value is -1.64. The van der Waals surface area contributed by atoms with Crippen LogP contribution in [0.3, 0.4) is 0 Å². The van der Waals surface area contributed by atoms with Gasteiger partial charge in [0.25, 0.3) is 0 Å². The minimum atomic E-state index is 0.0175. The van der Waals surface area contributed by atoms with Gasteiger partial charge in [0.2, 0.25) is 0 Å². The first kappa shape index (κ1) is 8.94. The number of nitrogens with zero attached hydrogens (tertiary/aromatic N) is 2. The third kappa shape index (κ3) is 1.21. The summed E-state index contributed by atoms with van der Waals surface area (Å²) >= 11 is 0. The van der Waals surface area contributed by atoms with Gasteiger partial charge in [-0.15, -0.1) is 0 Å². The van der Waals surface area contributed by atoms with Gasteiger partial charge < -0.3 is 4.40 Å². The average Bonchev–Trinajstić information content (AvgIpc) is 2.43. The van der Waals surface area contributed by atoms with Gasteiger partial charge in [-0.1, -0.05) is 0 Å². The first-order chi connectivity index (χ1) is 6.59. The molecule has 2 aromatic heterocycles. The van der Waals surface area contributed by atoms with E-state index < -0.39 is 0 Å². The molecule has 0 bridgehead atoms. The van der Waals surface area contributed by atoms with Gasteiger partial charge in [-0.3, -0.25) is 4.79 Å². The van der Waals surface area contributed by atoms with Crippen molar-refractivity contribution in [2.75, 3.05) is 0 Å². The molecule has 72 valence electrons. The standard InChI is InChI=1S/C11H12N2O/c1-7-4-5-13-8(2)11(9(3)14)12-10(13)6-7/h4-6H,1-3H3. The van der Waals surface area contributed by atoms with Crippen molar-refractivity contribution in [3.8, 4) is 0 Å². The number of hydrogen-bond acceptors (Lipinski definition) is 2. The van der Waals surface area contributed by atoms with Crippen molar-refractivity contribution in [1.82, 2.24) is 9.38 Å². The van der Waals surface area contributed by atoms with Crippen LogP contribution in [-0.2, 0) is 0 Å². The van der Waals surface area contributed by atoms with E-state index in [9.17, 15) is 4.79 Å². The first-order valence-corrected chi connectivity index (χ1v) is 4.56. The van der Waals surface area contributed by atoms with Crippen LogP contribution in [0.4, 0.5) is 0 Å². The van der Waals surface area contributed by atoms with E-state index in [1.165, 1.54) is 0 Å². The molecule has 0 atom stereocenters. The Bertz CT molecular complexity index is 511. The number of ketones is 1. The molecule has 0 fully saturated rings. The second-order valence-electron chi connectivity index (χ2n) is 3.53. The summed E-state index contributed by atoms with van der Waals surface area (Å²) in [5.74, 6) is 0.0175. The summed E-state index contributed by atoms with van der Waals surface area (Å²) in [6, 6.07) is 3.98. The number of carbonyl (C=O) groups is 1. The fourth-order valence-corrected chi connectivity index (χ4v) is 1.60. The lowest BCUT2D eigenvalue weighted by atomic mass is 10.2. The molecule has 0 radical (unpaired) electrons. The Morgan fingerprint density at radius 2 is 2.14 bits per heavy atom. The molecule has 0 aromatic carbocycles. The smallest absolute Gasteiger partial charge is 0.179 e. The van der Waals surface area contributed by atoms with E-state index in [1.54, 1.807) is 6.92 Å². The molecular weight excluding hydrogens is 176 g/mol. The van der Waals surface area contributed by atoms with E-state index in [-0.39, 0.29) is 5.78 Å². The van der Waals surface area contributed by atoms with Gasteiger partial charge in [-0.2, -0.15) is 0 Å². The summed E-state index contributed by atoms with van der Waals surface area (Å²) in [6.07, 6.45) is 1.94. The quantitative estimate of drug-likeness (QED) is 0.642. The SMILES string of the molecule is CC(=O)c1nc2cc(C)ccn2c1C. The average molecular weight is 188 g/mol. The van der Waals surface area contributed by atoms with Crippen molar-refractivity contribution in [2.24, 2.45) is 0 Å².